The number of hydrogen-bond acceptors (Lipinski definition) is 5. The number of amides is 1. The summed E-state index contributed by atoms with van der Waals surface area (Å²) < 4.78 is 0. The lowest BCUT2D eigenvalue weighted by atomic mass is 9.95. The Labute approximate surface area is 228 Å². The number of likely N-dealkylation sites (tertiary alicyclic amines) is 1. The van der Waals surface area contributed by atoms with Crippen molar-refractivity contribution in [3.05, 3.63) is 93.6 Å². The lowest BCUT2D eigenvalue weighted by Crippen LogP contribution is -2.41. The van der Waals surface area contributed by atoms with Crippen LogP contribution < -0.4 is 21.5 Å². The van der Waals surface area contributed by atoms with Gasteiger partial charge in [0.05, 0.1) is 16.6 Å². The fourth-order valence-electron chi connectivity index (χ4n) is 5.05. The van der Waals surface area contributed by atoms with Crippen molar-refractivity contribution in [1.82, 2.24) is 25.9 Å². The van der Waals surface area contributed by atoms with Gasteiger partial charge in [0, 0.05) is 19.3 Å². The van der Waals surface area contributed by atoms with Crippen molar-refractivity contribution in [1.29, 1.82) is 0 Å². The van der Waals surface area contributed by atoms with E-state index in [0.29, 0.717) is 28.1 Å². The van der Waals surface area contributed by atoms with Crippen molar-refractivity contribution < 1.29 is 4.79 Å². The zero-order chi connectivity index (χ0) is 25.6. The van der Waals surface area contributed by atoms with E-state index in [4.69, 9.17) is 23.8 Å². The SMILES string of the molecule is O=C(NCCN1CCCC1)c1cnc(NNC(=S)NC2c3ccccc3CCc3ccccc32)c(Cl)c1. The first-order valence-corrected chi connectivity index (χ1v) is 13.5. The summed E-state index contributed by atoms with van der Waals surface area (Å²) in [6.07, 6.45) is 5.95. The molecule has 2 aliphatic rings. The van der Waals surface area contributed by atoms with Crippen LogP contribution in [-0.2, 0) is 12.8 Å². The molecule has 2 aromatic carbocycles. The monoisotopic (exact) mass is 534 g/mol. The van der Waals surface area contributed by atoms with Crippen molar-refractivity contribution in [3.63, 3.8) is 0 Å². The van der Waals surface area contributed by atoms with E-state index in [1.807, 2.05) is 0 Å². The van der Waals surface area contributed by atoms with Gasteiger partial charge in [0.15, 0.2) is 10.9 Å². The summed E-state index contributed by atoms with van der Waals surface area (Å²) >= 11 is 12.0. The third-order valence-electron chi connectivity index (χ3n) is 6.98. The highest BCUT2D eigenvalue weighted by molar-refractivity contribution is 7.80. The van der Waals surface area contributed by atoms with Gasteiger partial charge >= 0.3 is 0 Å². The molecule has 0 spiro atoms. The van der Waals surface area contributed by atoms with Crippen LogP contribution in [0.15, 0.2) is 60.8 Å². The van der Waals surface area contributed by atoms with E-state index in [1.54, 1.807) is 6.07 Å². The topological polar surface area (TPSA) is 81.3 Å². The smallest absolute Gasteiger partial charge is 0.252 e. The molecule has 1 amide bonds. The van der Waals surface area contributed by atoms with Gasteiger partial charge in [-0.2, -0.15) is 0 Å². The molecule has 1 fully saturated rings. The largest absolute Gasteiger partial charge is 0.351 e. The van der Waals surface area contributed by atoms with Crippen LogP contribution in [0.25, 0.3) is 0 Å². The van der Waals surface area contributed by atoms with Crippen LogP contribution in [0.2, 0.25) is 5.02 Å². The molecule has 2 heterocycles. The number of rotatable bonds is 7. The van der Waals surface area contributed by atoms with Crippen LogP contribution in [0.5, 0.6) is 0 Å². The Morgan fingerprint density at radius 3 is 2.32 bits per heavy atom. The minimum absolute atomic E-state index is 0.0771. The number of nitrogens with one attached hydrogen (secondary N) is 4. The van der Waals surface area contributed by atoms with Gasteiger partial charge < -0.3 is 15.5 Å². The molecule has 37 heavy (non-hydrogen) atoms. The van der Waals surface area contributed by atoms with Gasteiger partial charge in [-0.3, -0.25) is 15.6 Å². The first-order valence-electron chi connectivity index (χ1n) is 12.7. The average Bonchev–Trinajstić information content (AvgIpc) is 3.38. The predicted molar refractivity (Wildman–Crippen MR) is 152 cm³/mol. The normalized spacial score (nSPS) is 15.3. The van der Waals surface area contributed by atoms with E-state index >= 15 is 0 Å². The third kappa shape index (κ3) is 6.21. The van der Waals surface area contributed by atoms with E-state index in [9.17, 15) is 4.79 Å². The number of hydrogen-bond donors (Lipinski definition) is 4. The molecule has 5 rings (SSSR count). The van der Waals surface area contributed by atoms with Crippen molar-refractivity contribution in [2.45, 2.75) is 31.7 Å². The van der Waals surface area contributed by atoms with Crippen molar-refractivity contribution in [2.24, 2.45) is 0 Å². The molecular formula is C28H31ClN6OS. The maximum Gasteiger partial charge on any atom is 0.252 e. The molecule has 7 nitrogen and oxygen atoms in total. The molecule has 0 bridgehead atoms. The fraction of sp³-hybridized carbons (Fsp3) is 0.321. The highest BCUT2D eigenvalue weighted by Crippen LogP contribution is 2.32. The number of aryl methyl sites for hydroxylation is 2. The van der Waals surface area contributed by atoms with E-state index in [0.717, 1.165) is 32.5 Å². The van der Waals surface area contributed by atoms with E-state index in [-0.39, 0.29) is 11.9 Å². The summed E-state index contributed by atoms with van der Waals surface area (Å²) in [5.41, 5.74) is 11.5. The first kappa shape index (κ1) is 25.4. The van der Waals surface area contributed by atoms with Gasteiger partial charge in [0.25, 0.3) is 5.91 Å². The molecule has 1 saturated heterocycles. The van der Waals surface area contributed by atoms with Crippen LogP contribution in [0.1, 0.15) is 51.5 Å². The fourth-order valence-corrected chi connectivity index (χ4v) is 5.43. The summed E-state index contributed by atoms with van der Waals surface area (Å²) in [7, 11) is 0. The number of nitrogens with zero attached hydrogens (tertiary/aromatic N) is 2. The van der Waals surface area contributed by atoms with Crippen LogP contribution in [0, 0.1) is 0 Å². The minimum atomic E-state index is -0.184. The number of carbonyl (C=O) groups excluding carboxylic acids is 1. The molecule has 192 valence electrons. The third-order valence-corrected chi connectivity index (χ3v) is 7.49. The highest BCUT2D eigenvalue weighted by atomic mass is 35.5. The average molecular weight is 535 g/mol. The molecule has 0 radical (unpaired) electrons. The summed E-state index contributed by atoms with van der Waals surface area (Å²) in [4.78, 5) is 19.2. The minimum Gasteiger partial charge on any atom is -0.351 e. The Morgan fingerprint density at radius 2 is 1.68 bits per heavy atom. The van der Waals surface area contributed by atoms with Crippen molar-refractivity contribution in [2.75, 3.05) is 31.6 Å². The first-order chi connectivity index (χ1) is 18.1. The molecule has 0 unspecified atom stereocenters. The van der Waals surface area contributed by atoms with Gasteiger partial charge in [-0.1, -0.05) is 60.1 Å². The highest BCUT2D eigenvalue weighted by Gasteiger charge is 2.24. The van der Waals surface area contributed by atoms with Crippen LogP contribution >= 0.6 is 23.8 Å². The molecule has 3 aromatic rings. The second kappa shape index (κ2) is 11.9. The zero-order valence-electron chi connectivity index (χ0n) is 20.6. The Bertz CT molecular complexity index is 1230. The lowest BCUT2D eigenvalue weighted by Gasteiger charge is -2.24. The van der Waals surface area contributed by atoms with Gasteiger partial charge in [-0.25, -0.2) is 4.98 Å². The summed E-state index contributed by atoms with van der Waals surface area (Å²) in [6.45, 7) is 3.67. The van der Waals surface area contributed by atoms with Gasteiger partial charge in [-0.15, -0.1) is 0 Å². The number of aromatic nitrogens is 1. The molecule has 0 saturated carbocycles. The molecule has 1 aliphatic carbocycles. The number of hydrazine groups is 1. The number of pyridine rings is 1. The number of halogens is 1. The van der Waals surface area contributed by atoms with E-state index < -0.39 is 0 Å². The second-order valence-corrected chi connectivity index (χ2v) is 10.2. The number of fused-ring (bicyclic) bond motifs is 2. The standard InChI is InChI=1S/C28H31ClN6OS/c29-24-17-21(27(36)30-13-16-35-14-5-6-15-35)18-31-26(24)33-34-28(37)32-25-22-9-3-1-7-19(22)11-12-20-8-2-4-10-23(20)25/h1-4,7-10,17-18,25H,5-6,11-16H2,(H,30,36)(H,31,33)(H2,32,34,37). The quantitative estimate of drug-likeness (QED) is 0.267. The maximum atomic E-state index is 12.5. The maximum absolute atomic E-state index is 12.5. The van der Waals surface area contributed by atoms with Crippen molar-refractivity contribution in [3.8, 4) is 0 Å². The molecule has 1 aromatic heterocycles. The van der Waals surface area contributed by atoms with E-state index in [1.165, 1.54) is 41.3 Å². The summed E-state index contributed by atoms with van der Waals surface area (Å²) in [5, 5.41) is 7.14. The Hall–Kier alpha value is -3.20. The van der Waals surface area contributed by atoms with Crippen LogP contribution in [0.4, 0.5) is 5.82 Å². The van der Waals surface area contributed by atoms with Gasteiger partial charge in [0.1, 0.15) is 0 Å². The van der Waals surface area contributed by atoms with Crippen LogP contribution in [0.3, 0.4) is 0 Å². The zero-order valence-corrected chi connectivity index (χ0v) is 22.2. The molecular weight excluding hydrogens is 504 g/mol. The molecule has 1 aliphatic heterocycles. The molecule has 4 N–H and O–H groups in total. The summed E-state index contributed by atoms with van der Waals surface area (Å²) in [6, 6.07) is 18.5. The number of carbonyl (C=O) groups is 1. The molecule has 9 heteroatoms. The Balaban J connectivity index is 1.19. The van der Waals surface area contributed by atoms with Crippen LogP contribution in [-0.4, -0.2) is 47.1 Å². The molecule has 0 atom stereocenters. The number of benzene rings is 2. The number of thiocarbonyl (C=S) groups is 1. The summed E-state index contributed by atoms with van der Waals surface area (Å²) in [5.74, 6) is 0.206. The second-order valence-electron chi connectivity index (χ2n) is 9.41. The van der Waals surface area contributed by atoms with Gasteiger partial charge in [-0.05, 0) is 79.3 Å². The lowest BCUT2D eigenvalue weighted by molar-refractivity contribution is 0.0949. The van der Waals surface area contributed by atoms with E-state index in [2.05, 4.69) is 79.9 Å². The predicted octanol–water partition coefficient (Wildman–Crippen LogP) is 4.24. The Kier molecular flexibility index (Phi) is 8.18. The Morgan fingerprint density at radius 1 is 1.03 bits per heavy atom. The number of anilines is 1. The van der Waals surface area contributed by atoms with Crippen molar-refractivity contribution >= 4 is 40.7 Å². The van der Waals surface area contributed by atoms with Gasteiger partial charge in [0.2, 0.25) is 0 Å².